The van der Waals surface area contributed by atoms with Gasteiger partial charge in [0.1, 0.15) is 5.60 Å². The van der Waals surface area contributed by atoms with Gasteiger partial charge in [0.2, 0.25) is 5.60 Å². The first-order valence-electron chi connectivity index (χ1n) is 6.03. The Labute approximate surface area is 122 Å². The van der Waals surface area contributed by atoms with Crippen LogP contribution in [0.1, 0.15) is 26.3 Å². The first-order valence-corrected chi connectivity index (χ1v) is 6.79. The minimum atomic E-state index is -0.987. The molecule has 0 aromatic heterocycles. The van der Waals surface area contributed by atoms with Crippen molar-refractivity contribution in [1.29, 1.82) is 0 Å². The number of rotatable bonds is 3. The lowest BCUT2D eigenvalue weighted by Crippen LogP contribution is -2.37. The number of methoxy groups -OCH3 is 1. The van der Waals surface area contributed by atoms with Crippen molar-refractivity contribution in [2.24, 2.45) is 5.92 Å². The minimum absolute atomic E-state index is 0.0308. The highest BCUT2D eigenvalue weighted by atomic mass is 35.5. The highest BCUT2D eigenvalue weighted by molar-refractivity contribution is 6.35. The zero-order valence-corrected chi connectivity index (χ0v) is 12.8. The molecule has 0 amide bonds. The van der Waals surface area contributed by atoms with Gasteiger partial charge in [0.05, 0.1) is 7.11 Å². The SMILES string of the molecule is COC(=O)C1(C(C)C)OC1(C)c1ccc(Cl)cc1Cl. The number of carbonyl (C=O) groups excluding carboxylic acids is 1. The molecule has 1 aliphatic rings. The normalized spacial score (nSPS) is 29.4. The smallest absolute Gasteiger partial charge is 0.341 e. The predicted octanol–water partition coefficient (Wildman–Crippen LogP) is 3.81. The van der Waals surface area contributed by atoms with Gasteiger partial charge in [-0.3, -0.25) is 0 Å². The summed E-state index contributed by atoms with van der Waals surface area (Å²) in [4.78, 5) is 12.1. The summed E-state index contributed by atoms with van der Waals surface area (Å²) in [5, 5.41) is 1.03. The average molecular weight is 303 g/mol. The summed E-state index contributed by atoms with van der Waals surface area (Å²) in [5.41, 5.74) is -1.02. The predicted molar refractivity (Wildman–Crippen MR) is 74.5 cm³/mol. The van der Waals surface area contributed by atoms with E-state index >= 15 is 0 Å². The summed E-state index contributed by atoms with van der Waals surface area (Å²) < 4.78 is 10.7. The van der Waals surface area contributed by atoms with Gasteiger partial charge in [-0.2, -0.15) is 0 Å². The molecule has 3 nitrogen and oxygen atoms in total. The number of ether oxygens (including phenoxy) is 2. The van der Waals surface area contributed by atoms with Crippen LogP contribution in [0, 0.1) is 5.92 Å². The van der Waals surface area contributed by atoms with E-state index in [1.807, 2.05) is 20.8 Å². The van der Waals surface area contributed by atoms with E-state index in [-0.39, 0.29) is 11.9 Å². The number of carbonyl (C=O) groups is 1. The minimum Gasteiger partial charge on any atom is -0.467 e. The lowest BCUT2D eigenvalue weighted by atomic mass is 9.80. The maximum absolute atomic E-state index is 12.1. The molecule has 0 radical (unpaired) electrons. The van der Waals surface area contributed by atoms with Crippen LogP contribution in [0.25, 0.3) is 0 Å². The molecular weight excluding hydrogens is 287 g/mol. The molecule has 104 valence electrons. The standard InChI is InChI=1S/C14H16Cl2O3/c1-8(2)14(12(17)18-4)13(3,19-14)10-6-5-9(15)7-11(10)16/h5-8H,1-4H3. The van der Waals surface area contributed by atoms with E-state index in [4.69, 9.17) is 32.7 Å². The summed E-state index contributed by atoms with van der Waals surface area (Å²) >= 11 is 12.1. The Bertz CT molecular complexity index is 529. The largest absolute Gasteiger partial charge is 0.467 e. The molecule has 0 N–H and O–H groups in total. The molecule has 0 spiro atoms. The van der Waals surface area contributed by atoms with Gasteiger partial charge >= 0.3 is 5.97 Å². The van der Waals surface area contributed by atoms with Crippen LogP contribution >= 0.6 is 23.2 Å². The van der Waals surface area contributed by atoms with Crippen molar-refractivity contribution in [3.63, 3.8) is 0 Å². The van der Waals surface area contributed by atoms with Gasteiger partial charge in [-0.15, -0.1) is 0 Å². The highest BCUT2D eigenvalue weighted by Gasteiger charge is 2.75. The molecule has 2 atom stereocenters. The number of esters is 1. The Kier molecular flexibility index (Phi) is 3.58. The van der Waals surface area contributed by atoms with Crippen LogP contribution in [0.15, 0.2) is 18.2 Å². The van der Waals surface area contributed by atoms with E-state index in [0.29, 0.717) is 10.0 Å². The molecule has 0 saturated carbocycles. The monoisotopic (exact) mass is 302 g/mol. The molecule has 1 aromatic carbocycles. The molecule has 2 rings (SSSR count). The van der Waals surface area contributed by atoms with Gasteiger partial charge in [-0.25, -0.2) is 4.79 Å². The number of halogens is 2. The summed E-state index contributed by atoms with van der Waals surface area (Å²) in [6.45, 7) is 5.69. The third-order valence-corrected chi connectivity index (χ3v) is 4.33. The molecule has 1 aromatic rings. The zero-order chi connectivity index (χ0) is 14.4. The van der Waals surface area contributed by atoms with E-state index in [9.17, 15) is 4.79 Å². The fraction of sp³-hybridized carbons (Fsp3) is 0.500. The maximum atomic E-state index is 12.1. The van der Waals surface area contributed by atoms with Crippen LogP contribution in [0.4, 0.5) is 0 Å². The Morgan fingerprint density at radius 3 is 2.47 bits per heavy atom. The molecule has 5 heteroatoms. The number of epoxide rings is 1. The summed E-state index contributed by atoms with van der Waals surface area (Å²) in [6.07, 6.45) is 0. The van der Waals surface area contributed by atoms with Crippen molar-refractivity contribution in [3.8, 4) is 0 Å². The Balaban J connectivity index is 2.48. The lowest BCUT2D eigenvalue weighted by molar-refractivity contribution is -0.148. The third-order valence-electron chi connectivity index (χ3n) is 3.78. The van der Waals surface area contributed by atoms with E-state index < -0.39 is 11.2 Å². The van der Waals surface area contributed by atoms with Crippen LogP contribution in [0.3, 0.4) is 0 Å². The quantitative estimate of drug-likeness (QED) is 0.629. The Morgan fingerprint density at radius 1 is 1.37 bits per heavy atom. The fourth-order valence-electron chi connectivity index (χ4n) is 2.72. The van der Waals surface area contributed by atoms with Crippen molar-refractivity contribution >= 4 is 29.2 Å². The van der Waals surface area contributed by atoms with Crippen LogP contribution in [-0.2, 0) is 19.9 Å². The fourth-order valence-corrected chi connectivity index (χ4v) is 3.31. The van der Waals surface area contributed by atoms with Crippen molar-refractivity contribution in [1.82, 2.24) is 0 Å². The zero-order valence-electron chi connectivity index (χ0n) is 11.3. The lowest BCUT2D eigenvalue weighted by Gasteiger charge is -2.19. The summed E-state index contributed by atoms with van der Waals surface area (Å²) in [7, 11) is 1.36. The van der Waals surface area contributed by atoms with Crippen molar-refractivity contribution in [2.75, 3.05) is 7.11 Å². The third kappa shape index (κ3) is 1.95. The van der Waals surface area contributed by atoms with Crippen LogP contribution in [0.2, 0.25) is 10.0 Å². The Morgan fingerprint density at radius 2 is 2.00 bits per heavy atom. The van der Waals surface area contributed by atoms with E-state index in [2.05, 4.69) is 0 Å². The first-order chi connectivity index (χ1) is 8.79. The summed E-state index contributed by atoms with van der Waals surface area (Å²) in [5.74, 6) is -0.410. The van der Waals surface area contributed by atoms with E-state index in [1.165, 1.54) is 7.11 Å². The maximum Gasteiger partial charge on any atom is 0.341 e. The molecule has 0 aliphatic carbocycles. The Hall–Kier alpha value is -0.770. The van der Waals surface area contributed by atoms with E-state index in [1.54, 1.807) is 18.2 Å². The average Bonchev–Trinajstić information content (AvgIpc) is 2.97. The van der Waals surface area contributed by atoms with Gasteiger partial charge in [0, 0.05) is 15.6 Å². The van der Waals surface area contributed by atoms with Crippen molar-refractivity contribution in [3.05, 3.63) is 33.8 Å². The van der Waals surface area contributed by atoms with Gasteiger partial charge in [-0.1, -0.05) is 43.1 Å². The molecule has 1 fully saturated rings. The number of benzene rings is 1. The summed E-state index contributed by atoms with van der Waals surface area (Å²) in [6, 6.07) is 5.17. The van der Waals surface area contributed by atoms with Gasteiger partial charge in [0.25, 0.3) is 0 Å². The van der Waals surface area contributed by atoms with Crippen LogP contribution in [-0.4, -0.2) is 18.7 Å². The highest BCUT2D eigenvalue weighted by Crippen LogP contribution is 2.61. The molecular formula is C14H16Cl2O3. The van der Waals surface area contributed by atoms with Crippen molar-refractivity contribution in [2.45, 2.75) is 32.0 Å². The molecule has 19 heavy (non-hydrogen) atoms. The van der Waals surface area contributed by atoms with Crippen molar-refractivity contribution < 1.29 is 14.3 Å². The van der Waals surface area contributed by atoms with Crippen LogP contribution < -0.4 is 0 Å². The topological polar surface area (TPSA) is 38.8 Å². The molecule has 2 unspecified atom stereocenters. The van der Waals surface area contributed by atoms with Gasteiger partial charge in [-0.05, 0) is 25.0 Å². The van der Waals surface area contributed by atoms with Gasteiger partial charge in [0.15, 0.2) is 0 Å². The molecule has 1 aliphatic heterocycles. The molecule has 1 saturated heterocycles. The first kappa shape index (κ1) is 14.6. The second kappa shape index (κ2) is 4.65. The second-order valence-corrected chi connectivity index (χ2v) is 5.99. The molecule has 1 heterocycles. The second-order valence-electron chi connectivity index (χ2n) is 5.14. The number of hydrogen-bond donors (Lipinski definition) is 0. The number of hydrogen-bond acceptors (Lipinski definition) is 3. The van der Waals surface area contributed by atoms with Gasteiger partial charge < -0.3 is 9.47 Å². The van der Waals surface area contributed by atoms with E-state index in [0.717, 1.165) is 5.56 Å². The van der Waals surface area contributed by atoms with Crippen LogP contribution in [0.5, 0.6) is 0 Å². The molecule has 0 bridgehead atoms.